The molecular formula is C9H15F3N3P. The molecule has 16 heavy (non-hydrogen) atoms. The summed E-state index contributed by atoms with van der Waals surface area (Å²) in [4.78, 5) is 1.86. The Kier molecular flexibility index (Phi) is 4.07. The third-order valence-electron chi connectivity index (χ3n) is 2.13. The van der Waals surface area contributed by atoms with Crippen molar-refractivity contribution in [3.63, 3.8) is 0 Å². The summed E-state index contributed by atoms with van der Waals surface area (Å²) >= 11 is 0. The third-order valence-corrected chi connectivity index (χ3v) is 3.32. The van der Waals surface area contributed by atoms with E-state index in [2.05, 4.69) is 10.2 Å². The molecule has 1 aliphatic heterocycles. The average Bonchev–Trinajstić information content (AvgIpc) is 2.50. The van der Waals surface area contributed by atoms with Crippen molar-refractivity contribution in [1.82, 2.24) is 4.90 Å². The molecule has 1 heterocycles. The summed E-state index contributed by atoms with van der Waals surface area (Å²) in [6.07, 6.45) is -4.30. The second-order valence-corrected chi connectivity index (χ2v) is 5.30. The minimum absolute atomic E-state index is 0.119. The van der Waals surface area contributed by atoms with Crippen molar-refractivity contribution in [3.8, 4) is 0 Å². The van der Waals surface area contributed by atoms with Gasteiger partial charge in [0.1, 0.15) is 0 Å². The molecule has 3 nitrogen and oxygen atoms in total. The van der Waals surface area contributed by atoms with E-state index in [0.29, 0.717) is 5.54 Å². The normalized spacial score (nSPS) is 22.4. The third kappa shape index (κ3) is 3.01. The van der Waals surface area contributed by atoms with Gasteiger partial charge in [0.05, 0.1) is 0 Å². The molecule has 1 aliphatic rings. The highest BCUT2D eigenvalue weighted by Crippen LogP contribution is 2.36. The quantitative estimate of drug-likeness (QED) is 0.707. The Bertz CT molecular complexity index is 302. The molecule has 0 radical (unpaired) electrons. The lowest BCUT2D eigenvalue weighted by molar-refractivity contribution is -0.128. The van der Waals surface area contributed by atoms with Gasteiger partial charge in [-0.3, -0.25) is 0 Å². The summed E-state index contributed by atoms with van der Waals surface area (Å²) in [5, 5.41) is 6.94. The molecule has 0 saturated heterocycles. The van der Waals surface area contributed by atoms with Gasteiger partial charge in [-0.25, -0.2) is 4.90 Å². The molecule has 0 fully saturated rings. The van der Waals surface area contributed by atoms with E-state index in [1.54, 1.807) is 0 Å². The summed E-state index contributed by atoms with van der Waals surface area (Å²) in [6.45, 7) is 7.72. The number of halogens is 3. The molecule has 0 aromatic carbocycles. The first-order valence-electron chi connectivity index (χ1n) is 5.07. The van der Waals surface area contributed by atoms with Gasteiger partial charge in [-0.1, -0.05) is 0 Å². The molecule has 1 unspecified atom stereocenters. The fourth-order valence-electron chi connectivity index (χ4n) is 1.58. The summed E-state index contributed by atoms with van der Waals surface area (Å²) < 4.78 is 37.2. The molecule has 1 atom stereocenters. The molecule has 0 aromatic rings. The first-order chi connectivity index (χ1) is 7.23. The van der Waals surface area contributed by atoms with Crippen LogP contribution in [0.25, 0.3) is 0 Å². The highest BCUT2D eigenvalue weighted by molar-refractivity contribution is 7.41. The Labute approximate surface area is 94.5 Å². The van der Waals surface area contributed by atoms with Crippen LogP contribution in [0.4, 0.5) is 13.2 Å². The lowest BCUT2D eigenvalue weighted by Crippen LogP contribution is -2.40. The molecule has 0 spiro atoms. The first-order valence-corrected chi connectivity index (χ1v) is 6.03. The summed E-state index contributed by atoms with van der Waals surface area (Å²) in [6, 6.07) is 0.238. The summed E-state index contributed by atoms with van der Waals surface area (Å²) in [5.74, 6) is -1.69. The van der Waals surface area contributed by atoms with Gasteiger partial charge in [0.2, 0.25) is 5.78 Å². The number of nitrogens with zero attached hydrogens (tertiary/aromatic N) is 3. The van der Waals surface area contributed by atoms with Crippen molar-refractivity contribution in [2.24, 2.45) is 10.2 Å². The van der Waals surface area contributed by atoms with Crippen LogP contribution in [0.15, 0.2) is 10.2 Å². The largest absolute Gasteiger partial charge is 0.420 e. The molecule has 0 amide bonds. The van der Waals surface area contributed by atoms with Gasteiger partial charge in [0.25, 0.3) is 0 Å². The molecule has 1 rings (SSSR count). The zero-order valence-electron chi connectivity index (χ0n) is 9.65. The molecule has 0 aromatic heterocycles. The Morgan fingerprint density at radius 3 is 2.00 bits per heavy atom. The van der Waals surface area contributed by atoms with Crippen LogP contribution in [0.3, 0.4) is 0 Å². The van der Waals surface area contributed by atoms with Gasteiger partial charge >= 0.3 is 6.18 Å². The second-order valence-electron chi connectivity index (χ2n) is 4.15. The highest BCUT2D eigenvalue weighted by atomic mass is 31.1. The van der Waals surface area contributed by atoms with Crippen LogP contribution in [0.1, 0.15) is 27.7 Å². The minimum Gasteiger partial charge on any atom is -0.249 e. The fourth-order valence-corrected chi connectivity index (χ4v) is 2.75. The predicted molar refractivity (Wildman–Crippen MR) is 58.7 cm³/mol. The number of hydrogen-bond acceptors (Lipinski definition) is 3. The summed E-state index contributed by atoms with van der Waals surface area (Å²) in [5.41, 5.74) is 0.410. The summed E-state index contributed by atoms with van der Waals surface area (Å²) in [7, 11) is 0.130. The van der Waals surface area contributed by atoms with Crippen LogP contribution >= 0.6 is 8.20 Å². The van der Waals surface area contributed by atoms with Crippen LogP contribution < -0.4 is 0 Å². The van der Waals surface area contributed by atoms with E-state index in [-0.39, 0.29) is 20.3 Å². The lowest BCUT2D eigenvalue weighted by atomic mass is 10.2. The maximum Gasteiger partial charge on any atom is 0.420 e. The standard InChI is InChI=1S/C9H15F3N3P/c1-5(2)15(6(3)4)8-14-13-7(16-8)9(10,11)12/h5-7H,1-4H3. The monoisotopic (exact) mass is 253 g/mol. The molecule has 0 bridgehead atoms. The average molecular weight is 253 g/mol. The van der Waals surface area contributed by atoms with Crippen LogP contribution in [-0.4, -0.2) is 34.5 Å². The van der Waals surface area contributed by atoms with E-state index < -0.39 is 12.0 Å². The zero-order valence-corrected chi connectivity index (χ0v) is 10.5. The van der Waals surface area contributed by atoms with E-state index in [9.17, 15) is 13.2 Å². The van der Waals surface area contributed by atoms with Crippen LogP contribution in [0.5, 0.6) is 0 Å². The molecule has 0 N–H and O–H groups in total. The van der Waals surface area contributed by atoms with Crippen molar-refractivity contribution in [2.75, 3.05) is 0 Å². The second kappa shape index (κ2) is 4.80. The Hall–Kier alpha value is -0.480. The van der Waals surface area contributed by atoms with Crippen molar-refractivity contribution in [1.29, 1.82) is 0 Å². The molecule has 0 saturated carbocycles. The van der Waals surface area contributed by atoms with E-state index in [1.807, 2.05) is 32.6 Å². The van der Waals surface area contributed by atoms with Crippen molar-refractivity contribution in [3.05, 3.63) is 0 Å². The predicted octanol–water partition coefficient (Wildman–Crippen LogP) is 3.49. The molecule has 7 heteroatoms. The smallest absolute Gasteiger partial charge is 0.249 e. The SMILES string of the molecule is CC(C)N(C1=PC(C(F)(F)F)N=N1)C(C)C. The maximum atomic E-state index is 12.4. The minimum atomic E-state index is -4.30. The number of rotatable bonds is 3. The number of azo groups is 1. The van der Waals surface area contributed by atoms with Gasteiger partial charge in [-0.15, -0.1) is 5.11 Å². The molecule has 0 aliphatic carbocycles. The topological polar surface area (TPSA) is 28.0 Å². The molecular weight excluding hydrogens is 238 g/mol. The zero-order chi connectivity index (χ0) is 12.5. The first kappa shape index (κ1) is 13.6. The van der Waals surface area contributed by atoms with Crippen molar-refractivity contribution in [2.45, 2.75) is 51.7 Å². The number of hydrogen-bond donors (Lipinski definition) is 0. The van der Waals surface area contributed by atoms with E-state index >= 15 is 0 Å². The Morgan fingerprint density at radius 1 is 1.19 bits per heavy atom. The van der Waals surface area contributed by atoms with E-state index in [4.69, 9.17) is 0 Å². The Balaban J connectivity index is 2.87. The van der Waals surface area contributed by atoms with Gasteiger partial charge < -0.3 is 0 Å². The van der Waals surface area contributed by atoms with Crippen LogP contribution in [-0.2, 0) is 0 Å². The van der Waals surface area contributed by atoms with Gasteiger partial charge in [-0.2, -0.15) is 18.3 Å². The van der Waals surface area contributed by atoms with Gasteiger partial charge in [0.15, 0.2) is 5.54 Å². The van der Waals surface area contributed by atoms with E-state index in [1.165, 1.54) is 0 Å². The Morgan fingerprint density at radius 2 is 1.69 bits per heavy atom. The van der Waals surface area contributed by atoms with Crippen LogP contribution in [0.2, 0.25) is 0 Å². The lowest BCUT2D eigenvalue weighted by Gasteiger charge is -2.28. The van der Waals surface area contributed by atoms with Crippen molar-refractivity contribution < 1.29 is 13.2 Å². The fraction of sp³-hybridized carbons (Fsp3) is 0.889. The van der Waals surface area contributed by atoms with Crippen molar-refractivity contribution >= 4 is 13.7 Å². The highest BCUT2D eigenvalue weighted by Gasteiger charge is 2.42. The maximum absolute atomic E-state index is 12.4. The van der Waals surface area contributed by atoms with Gasteiger partial charge in [-0.05, 0) is 35.9 Å². The van der Waals surface area contributed by atoms with E-state index in [0.717, 1.165) is 0 Å². The molecule has 92 valence electrons. The van der Waals surface area contributed by atoms with Crippen LogP contribution in [0, 0.1) is 0 Å². The van der Waals surface area contributed by atoms with Gasteiger partial charge in [0, 0.05) is 12.1 Å². The number of alkyl halides is 3.